The maximum atomic E-state index is 12.9. The summed E-state index contributed by atoms with van der Waals surface area (Å²) in [6.45, 7) is 8.40. The van der Waals surface area contributed by atoms with E-state index in [0.717, 1.165) is 53.2 Å². The van der Waals surface area contributed by atoms with Crippen molar-refractivity contribution in [1.29, 1.82) is 0 Å². The summed E-state index contributed by atoms with van der Waals surface area (Å²) in [7, 11) is 0. The zero-order valence-electron chi connectivity index (χ0n) is 18.1. The fourth-order valence-corrected chi connectivity index (χ4v) is 3.77. The van der Waals surface area contributed by atoms with Gasteiger partial charge in [0.05, 0.1) is 0 Å². The van der Waals surface area contributed by atoms with Gasteiger partial charge in [0.2, 0.25) is 0 Å². The Balaban J connectivity index is 1.90. The second-order valence-electron chi connectivity index (χ2n) is 7.83. The van der Waals surface area contributed by atoms with Crippen LogP contribution in [0.2, 0.25) is 0 Å². The summed E-state index contributed by atoms with van der Waals surface area (Å²) < 4.78 is 2.09. The van der Waals surface area contributed by atoms with E-state index in [-0.39, 0.29) is 5.57 Å². The van der Waals surface area contributed by atoms with Gasteiger partial charge in [0, 0.05) is 23.6 Å². The lowest BCUT2D eigenvalue weighted by molar-refractivity contribution is -0.130. The van der Waals surface area contributed by atoms with E-state index in [9.17, 15) is 14.4 Å². The highest BCUT2D eigenvalue weighted by Gasteiger charge is 2.35. The molecule has 0 spiro atoms. The van der Waals surface area contributed by atoms with Gasteiger partial charge < -0.3 is 4.57 Å². The normalized spacial score (nSPS) is 15.8. The first kappa shape index (κ1) is 21.6. The zero-order valence-corrected chi connectivity index (χ0v) is 18.1. The molecule has 3 rings (SSSR count). The molecule has 4 amide bonds. The molecule has 1 fully saturated rings. The Morgan fingerprint density at radius 3 is 2.33 bits per heavy atom. The van der Waals surface area contributed by atoms with Gasteiger partial charge in [-0.25, -0.2) is 4.79 Å². The molecule has 1 aromatic carbocycles. The van der Waals surface area contributed by atoms with Crippen molar-refractivity contribution in [3.05, 3.63) is 58.4 Å². The highest BCUT2D eigenvalue weighted by molar-refractivity contribution is 6.31. The Morgan fingerprint density at radius 1 is 0.967 bits per heavy atom. The SMILES string of the molecule is CCCCCCN1C(=O)NC(=O)C(=Cc2cc(C)n(-c3ccc(C)cc3)c2C)C1=O. The molecule has 2 heterocycles. The molecule has 1 aliphatic heterocycles. The third kappa shape index (κ3) is 4.37. The minimum absolute atomic E-state index is 0.00533. The minimum Gasteiger partial charge on any atom is -0.318 e. The van der Waals surface area contributed by atoms with Crippen molar-refractivity contribution in [1.82, 2.24) is 14.8 Å². The third-order valence-electron chi connectivity index (χ3n) is 5.48. The number of aryl methyl sites for hydroxylation is 2. The Kier molecular flexibility index (Phi) is 6.55. The van der Waals surface area contributed by atoms with Crippen LogP contribution in [-0.2, 0) is 9.59 Å². The van der Waals surface area contributed by atoms with E-state index in [1.165, 1.54) is 5.56 Å². The Hall–Kier alpha value is -3.15. The molecule has 0 radical (unpaired) electrons. The number of urea groups is 1. The average Bonchev–Trinajstić information content (AvgIpc) is 2.98. The molecule has 1 N–H and O–H groups in total. The molecule has 0 saturated carbocycles. The van der Waals surface area contributed by atoms with Gasteiger partial charge in [-0.1, -0.05) is 43.9 Å². The number of nitrogens with one attached hydrogen (secondary N) is 1. The monoisotopic (exact) mass is 407 g/mol. The quantitative estimate of drug-likeness (QED) is 0.419. The Bertz CT molecular complexity index is 999. The number of hydrogen-bond acceptors (Lipinski definition) is 3. The highest BCUT2D eigenvalue weighted by atomic mass is 16.2. The van der Waals surface area contributed by atoms with Crippen molar-refractivity contribution < 1.29 is 14.4 Å². The summed E-state index contributed by atoms with van der Waals surface area (Å²) in [4.78, 5) is 38.6. The maximum absolute atomic E-state index is 12.9. The van der Waals surface area contributed by atoms with E-state index in [1.54, 1.807) is 6.08 Å². The summed E-state index contributed by atoms with van der Waals surface area (Å²) in [5.74, 6) is -1.17. The van der Waals surface area contributed by atoms with Gasteiger partial charge in [-0.2, -0.15) is 0 Å². The van der Waals surface area contributed by atoms with Gasteiger partial charge >= 0.3 is 6.03 Å². The van der Waals surface area contributed by atoms with Crippen molar-refractivity contribution in [3.8, 4) is 5.69 Å². The molecule has 0 aliphatic carbocycles. The molecular formula is C24H29N3O3. The van der Waals surface area contributed by atoms with Gasteiger partial charge in [-0.3, -0.25) is 19.8 Å². The third-order valence-corrected chi connectivity index (χ3v) is 5.48. The molecule has 0 bridgehead atoms. The molecule has 0 unspecified atom stereocenters. The van der Waals surface area contributed by atoms with E-state index in [2.05, 4.69) is 16.8 Å². The lowest BCUT2D eigenvalue weighted by Gasteiger charge is -2.26. The number of hydrogen-bond donors (Lipinski definition) is 1. The average molecular weight is 408 g/mol. The molecule has 6 nitrogen and oxygen atoms in total. The topological polar surface area (TPSA) is 71.4 Å². The van der Waals surface area contributed by atoms with Crippen LogP contribution in [0.4, 0.5) is 4.79 Å². The first-order valence-electron chi connectivity index (χ1n) is 10.5. The maximum Gasteiger partial charge on any atom is 0.331 e. The van der Waals surface area contributed by atoms with Crippen LogP contribution in [0.3, 0.4) is 0 Å². The van der Waals surface area contributed by atoms with Crippen LogP contribution in [0.1, 0.15) is 55.1 Å². The largest absolute Gasteiger partial charge is 0.331 e. The smallest absolute Gasteiger partial charge is 0.318 e. The molecule has 1 aromatic heterocycles. The van der Waals surface area contributed by atoms with Crippen LogP contribution in [0.25, 0.3) is 11.8 Å². The lowest BCUT2D eigenvalue weighted by Crippen LogP contribution is -2.54. The van der Waals surface area contributed by atoms with Crippen molar-refractivity contribution >= 4 is 23.9 Å². The Morgan fingerprint density at radius 2 is 1.67 bits per heavy atom. The number of amides is 4. The number of imide groups is 2. The van der Waals surface area contributed by atoms with Crippen LogP contribution in [0, 0.1) is 20.8 Å². The van der Waals surface area contributed by atoms with Crippen LogP contribution < -0.4 is 5.32 Å². The van der Waals surface area contributed by atoms with E-state index in [1.807, 2.05) is 51.1 Å². The number of aromatic nitrogens is 1. The van der Waals surface area contributed by atoms with Crippen LogP contribution >= 0.6 is 0 Å². The summed E-state index contributed by atoms with van der Waals surface area (Å²) in [6.07, 6.45) is 5.39. The van der Waals surface area contributed by atoms with E-state index < -0.39 is 17.8 Å². The number of barbiturate groups is 1. The number of carbonyl (C=O) groups excluding carboxylic acids is 3. The summed E-state index contributed by atoms with van der Waals surface area (Å²) in [6, 6.07) is 9.50. The van der Waals surface area contributed by atoms with Crippen molar-refractivity contribution in [2.24, 2.45) is 0 Å². The van der Waals surface area contributed by atoms with E-state index >= 15 is 0 Å². The van der Waals surface area contributed by atoms with Gasteiger partial charge in [0.15, 0.2) is 0 Å². The first-order chi connectivity index (χ1) is 14.3. The predicted octanol–water partition coefficient (Wildman–Crippen LogP) is 4.44. The fourth-order valence-electron chi connectivity index (χ4n) is 3.77. The molecule has 0 atom stereocenters. The first-order valence-corrected chi connectivity index (χ1v) is 10.5. The predicted molar refractivity (Wildman–Crippen MR) is 117 cm³/mol. The second-order valence-corrected chi connectivity index (χ2v) is 7.83. The van der Waals surface area contributed by atoms with Gasteiger partial charge in [-0.05, 0) is 57.0 Å². The summed E-state index contributed by atoms with van der Waals surface area (Å²) in [5, 5.41) is 2.30. The van der Waals surface area contributed by atoms with Gasteiger partial charge in [0.1, 0.15) is 5.57 Å². The van der Waals surface area contributed by atoms with Crippen molar-refractivity contribution in [2.75, 3.05) is 6.54 Å². The number of rotatable bonds is 7. The van der Waals surface area contributed by atoms with Gasteiger partial charge in [0.25, 0.3) is 11.8 Å². The summed E-state index contributed by atoms with van der Waals surface area (Å²) >= 11 is 0. The van der Waals surface area contributed by atoms with Crippen molar-refractivity contribution in [2.45, 2.75) is 53.4 Å². The number of carbonyl (C=O) groups is 3. The van der Waals surface area contributed by atoms with E-state index in [4.69, 9.17) is 0 Å². The highest BCUT2D eigenvalue weighted by Crippen LogP contribution is 2.24. The standard InChI is InChI=1S/C24H29N3O3/c1-5-6-7-8-13-26-23(29)21(22(28)25-24(26)30)15-19-14-17(3)27(18(19)4)20-11-9-16(2)10-12-20/h9-12,14-15H,5-8,13H2,1-4H3,(H,25,28,30). The van der Waals surface area contributed by atoms with Crippen LogP contribution in [0.5, 0.6) is 0 Å². The minimum atomic E-state index is -0.644. The zero-order chi connectivity index (χ0) is 21.8. The second kappa shape index (κ2) is 9.11. The molecular weight excluding hydrogens is 378 g/mol. The van der Waals surface area contributed by atoms with Crippen LogP contribution in [-0.4, -0.2) is 33.9 Å². The Labute approximate surface area is 177 Å². The number of unbranched alkanes of at least 4 members (excludes halogenated alkanes) is 3. The summed E-state index contributed by atoms with van der Waals surface area (Å²) in [5.41, 5.74) is 4.90. The van der Waals surface area contributed by atoms with Crippen molar-refractivity contribution in [3.63, 3.8) is 0 Å². The molecule has 158 valence electrons. The molecule has 1 saturated heterocycles. The number of benzene rings is 1. The molecule has 30 heavy (non-hydrogen) atoms. The van der Waals surface area contributed by atoms with Crippen LogP contribution in [0.15, 0.2) is 35.9 Å². The molecule has 6 heteroatoms. The van der Waals surface area contributed by atoms with E-state index in [0.29, 0.717) is 6.54 Å². The van der Waals surface area contributed by atoms with Gasteiger partial charge in [-0.15, -0.1) is 0 Å². The molecule has 1 aliphatic rings. The lowest BCUT2D eigenvalue weighted by atomic mass is 10.1. The number of nitrogens with zero attached hydrogens (tertiary/aromatic N) is 2. The fraction of sp³-hybridized carbons (Fsp3) is 0.375. The molecule has 2 aromatic rings.